The van der Waals surface area contributed by atoms with E-state index in [2.05, 4.69) is 21.4 Å². The summed E-state index contributed by atoms with van der Waals surface area (Å²) < 4.78 is 10.9. The van der Waals surface area contributed by atoms with E-state index >= 15 is 0 Å². The topological polar surface area (TPSA) is 198 Å². The minimum atomic E-state index is -2.73. The first-order chi connectivity index (χ1) is 21.3. The number of carbonyl (C=O) groups is 5. The monoisotopic (exact) mass is 670 g/mol. The number of nitrogens with one attached hydrogen (secondary N) is 4. The van der Waals surface area contributed by atoms with Crippen LogP contribution in [0.15, 0.2) is 24.3 Å². The van der Waals surface area contributed by atoms with Crippen LogP contribution in [0, 0.1) is 10.1 Å². The number of carbonyl (C=O) groups excluding carboxylic acids is 5. The van der Waals surface area contributed by atoms with Crippen molar-refractivity contribution in [2.45, 2.75) is 69.9 Å². The summed E-state index contributed by atoms with van der Waals surface area (Å²) in [7, 11) is -2.73. The fourth-order valence-electron chi connectivity index (χ4n) is 5.02. The molecular formula is C28H42N6O9S2. The van der Waals surface area contributed by atoms with Gasteiger partial charge in [-0.25, -0.2) is 9.80 Å². The average molecular weight is 671 g/mol. The first-order valence-electron chi connectivity index (χ1n) is 14.6. The molecule has 0 bridgehead atoms. The molecular weight excluding hydrogens is 628 g/mol. The van der Waals surface area contributed by atoms with Crippen molar-refractivity contribution in [3.05, 3.63) is 39.9 Å². The van der Waals surface area contributed by atoms with Crippen LogP contribution in [0.5, 0.6) is 0 Å². The Balaban J connectivity index is 1.59. The lowest BCUT2D eigenvalue weighted by molar-refractivity contribution is -0.384. The van der Waals surface area contributed by atoms with Crippen LogP contribution in [-0.4, -0.2) is 98.7 Å². The fraction of sp³-hybridized carbons (Fsp3) is 0.607. The van der Waals surface area contributed by atoms with Crippen LogP contribution in [-0.2, 0) is 35.3 Å². The highest BCUT2D eigenvalue weighted by Gasteiger charge is 2.47. The van der Waals surface area contributed by atoms with E-state index in [4.69, 9.17) is 9.47 Å². The number of thioether (sulfide) groups is 1. The minimum Gasteiger partial charge on any atom is -0.461 e. The molecule has 5 atom stereocenters. The lowest BCUT2D eigenvalue weighted by Gasteiger charge is -2.39. The summed E-state index contributed by atoms with van der Waals surface area (Å²) in [4.78, 5) is 74.2. The van der Waals surface area contributed by atoms with Gasteiger partial charge >= 0.3 is 11.3 Å². The van der Waals surface area contributed by atoms with E-state index < -0.39 is 54.8 Å². The van der Waals surface area contributed by atoms with Gasteiger partial charge in [0.05, 0.1) is 28.1 Å². The molecule has 45 heavy (non-hydrogen) atoms. The number of rotatable bonds is 13. The highest BCUT2D eigenvalue weighted by molar-refractivity contribution is 8.59. The van der Waals surface area contributed by atoms with Gasteiger partial charge in [-0.3, -0.25) is 34.7 Å². The van der Waals surface area contributed by atoms with Gasteiger partial charge in [-0.1, -0.05) is 10.0 Å². The Morgan fingerprint density at radius 3 is 2.47 bits per heavy atom. The molecule has 2 aliphatic rings. The van der Waals surface area contributed by atoms with Gasteiger partial charge in [-0.2, -0.15) is 0 Å². The maximum atomic E-state index is 13.6. The Bertz CT molecular complexity index is 1250. The van der Waals surface area contributed by atoms with Crippen molar-refractivity contribution in [2.75, 3.05) is 37.8 Å². The number of benzene rings is 1. The third-order valence-corrected chi connectivity index (χ3v) is 13.4. The van der Waals surface area contributed by atoms with Crippen LogP contribution in [0.1, 0.15) is 46.1 Å². The standard InChI is InChI=1S/C28H42N6O9S2/c1-18(43-20(3)35)24-14-29-12-13-33(24)32-25(37)15-31-27(38)19(2)44-17-45(21(4)36,26-6-5-11-30-26)28(39)42-16-22-7-9-23(10-8-22)34(40)41/h7-10,18-19,24,26,29-30H,5-6,11-17H2,1-4H3,(H,31,38)(H,32,37)/t18-,19-,24-,26-/m0/s1. The van der Waals surface area contributed by atoms with E-state index in [0.29, 0.717) is 38.2 Å². The second-order valence-electron chi connectivity index (χ2n) is 10.8. The van der Waals surface area contributed by atoms with Crippen LogP contribution in [0.25, 0.3) is 0 Å². The molecule has 2 amide bonds. The quantitative estimate of drug-likeness (QED) is 0.135. The van der Waals surface area contributed by atoms with Gasteiger partial charge < -0.3 is 25.4 Å². The molecule has 15 nitrogen and oxygen atoms in total. The molecule has 0 spiro atoms. The van der Waals surface area contributed by atoms with Crippen LogP contribution in [0.2, 0.25) is 0 Å². The van der Waals surface area contributed by atoms with E-state index in [9.17, 15) is 34.1 Å². The number of hydrogen-bond donors (Lipinski definition) is 4. The van der Waals surface area contributed by atoms with E-state index in [0.717, 1.165) is 18.2 Å². The summed E-state index contributed by atoms with van der Waals surface area (Å²) in [5.74, 6) is -1.30. The van der Waals surface area contributed by atoms with Gasteiger partial charge in [0.15, 0.2) is 5.12 Å². The molecule has 17 heteroatoms. The third kappa shape index (κ3) is 9.87. The summed E-state index contributed by atoms with van der Waals surface area (Å²) in [6, 6.07) is 5.32. The van der Waals surface area contributed by atoms with Crippen molar-refractivity contribution in [1.29, 1.82) is 0 Å². The number of hydrazine groups is 1. The number of esters is 1. The van der Waals surface area contributed by atoms with Gasteiger partial charge in [0.1, 0.15) is 12.7 Å². The largest absolute Gasteiger partial charge is 0.461 e. The Morgan fingerprint density at radius 2 is 1.87 bits per heavy atom. The fourth-order valence-corrected chi connectivity index (χ4v) is 10.7. The maximum absolute atomic E-state index is 13.6. The molecule has 1 aromatic rings. The van der Waals surface area contributed by atoms with Gasteiger partial charge in [0.2, 0.25) is 5.91 Å². The number of piperazine rings is 1. The van der Waals surface area contributed by atoms with Crippen molar-refractivity contribution in [3.8, 4) is 0 Å². The molecule has 3 rings (SSSR count). The molecule has 1 unspecified atom stereocenters. The molecule has 4 N–H and O–H groups in total. The van der Waals surface area contributed by atoms with E-state index in [1.807, 2.05) is 0 Å². The summed E-state index contributed by atoms with van der Waals surface area (Å²) in [5.41, 5.74) is 3.22. The van der Waals surface area contributed by atoms with E-state index in [1.54, 1.807) is 18.9 Å². The third-order valence-electron chi connectivity index (χ3n) is 7.56. The number of nitro groups is 1. The molecule has 250 valence electrons. The first-order valence-corrected chi connectivity index (χ1v) is 17.5. The second-order valence-corrected chi connectivity index (χ2v) is 15.8. The summed E-state index contributed by atoms with van der Waals surface area (Å²) in [6.07, 6.45) is 0.915. The van der Waals surface area contributed by atoms with E-state index in [1.165, 1.54) is 38.1 Å². The average Bonchev–Trinajstić information content (AvgIpc) is 3.54. The Morgan fingerprint density at radius 1 is 1.16 bits per heavy atom. The normalized spacial score (nSPS) is 21.8. The lowest BCUT2D eigenvalue weighted by atomic mass is 10.1. The number of hydrogen-bond acceptors (Lipinski definition) is 13. The van der Waals surface area contributed by atoms with Crippen molar-refractivity contribution in [2.24, 2.45) is 0 Å². The number of nitrogens with zero attached hydrogens (tertiary/aromatic N) is 2. The Labute approximate surface area is 267 Å². The van der Waals surface area contributed by atoms with Gasteiger partial charge in [-0.05, 0) is 50.9 Å². The van der Waals surface area contributed by atoms with Gasteiger partial charge in [0, 0.05) is 50.7 Å². The Kier molecular flexibility index (Phi) is 13.6. The SMILES string of the molecule is CC(=O)O[C@@H](C)[C@@H]1CNCCN1NC(=O)CNC(=O)[C@H](C)SCS(C(C)=O)(C(=O)OCc1ccc([N+](=O)[O-])cc1)[C@H]1CCCN1. The highest BCUT2D eigenvalue weighted by Crippen LogP contribution is 2.59. The van der Waals surface area contributed by atoms with Crippen molar-refractivity contribution in [1.82, 2.24) is 26.4 Å². The summed E-state index contributed by atoms with van der Waals surface area (Å²) >= 11 is 1.15. The summed E-state index contributed by atoms with van der Waals surface area (Å²) in [5, 5.41) is 19.7. The molecule has 2 heterocycles. The van der Waals surface area contributed by atoms with Crippen molar-refractivity contribution < 1.29 is 38.4 Å². The number of non-ortho nitro benzene ring substituents is 1. The number of amides is 2. The molecule has 0 aromatic heterocycles. The summed E-state index contributed by atoms with van der Waals surface area (Å²) in [6.45, 7) is 7.86. The van der Waals surface area contributed by atoms with Crippen LogP contribution >= 0.6 is 21.8 Å². The second kappa shape index (κ2) is 16.9. The molecule has 0 radical (unpaired) electrons. The van der Waals surface area contributed by atoms with Crippen LogP contribution < -0.4 is 21.4 Å². The zero-order chi connectivity index (χ0) is 33.1. The molecule has 1 aromatic carbocycles. The van der Waals surface area contributed by atoms with Crippen LogP contribution in [0.3, 0.4) is 0 Å². The Hall–Kier alpha value is -3.25. The number of nitro benzene ring substituents is 1. The van der Waals surface area contributed by atoms with Crippen molar-refractivity contribution >= 4 is 55.7 Å². The molecule has 2 fully saturated rings. The maximum Gasteiger partial charge on any atom is 0.358 e. The zero-order valence-electron chi connectivity index (χ0n) is 25.9. The highest BCUT2D eigenvalue weighted by atomic mass is 32.3. The molecule has 0 saturated carbocycles. The van der Waals surface area contributed by atoms with Gasteiger partial charge in [0.25, 0.3) is 11.6 Å². The first kappa shape index (κ1) is 36.2. The smallest absolute Gasteiger partial charge is 0.358 e. The van der Waals surface area contributed by atoms with Crippen LogP contribution in [0.4, 0.5) is 10.5 Å². The molecule has 2 aliphatic heterocycles. The van der Waals surface area contributed by atoms with Gasteiger partial charge in [-0.15, -0.1) is 11.8 Å². The lowest BCUT2D eigenvalue weighted by Crippen LogP contribution is -2.63. The predicted octanol–water partition coefficient (Wildman–Crippen LogP) is 1.74. The number of ether oxygens (including phenoxy) is 2. The predicted molar refractivity (Wildman–Crippen MR) is 170 cm³/mol. The van der Waals surface area contributed by atoms with E-state index in [-0.39, 0.29) is 35.1 Å². The molecule has 2 saturated heterocycles. The zero-order valence-corrected chi connectivity index (χ0v) is 27.5. The van der Waals surface area contributed by atoms with Crippen molar-refractivity contribution in [3.63, 3.8) is 0 Å². The minimum absolute atomic E-state index is 0.0520. The molecule has 0 aliphatic carbocycles.